The third-order valence-electron chi connectivity index (χ3n) is 11.5. The van der Waals surface area contributed by atoms with E-state index in [0.29, 0.717) is 0 Å². The third-order valence-corrected chi connectivity index (χ3v) is 11.5. The van der Waals surface area contributed by atoms with Gasteiger partial charge in [-0.3, -0.25) is 0 Å². The number of fused-ring (bicyclic) bond motifs is 6. The van der Waals surface area contributed by atoms with E-state index in [1.807, 2.05) is 0 Å². The van der Waals surface area contributed by atoms with Crippen LogP contribution in [0.1, 0.15) is 0 Å². The van der Waals surface area contributed by atoms with Gasteiger partial charge in [0.2, 0.25) is 0 Å². The lowest BCUT2D eigenvalue weighted by Gasteiger charge is -2.12. The van der Waals surface area contributed by atoms with Crippen molar-refractivity contribution in [3.8, 4) is 67.0 Å². The Labute approximate surface area is 337 Å². The molecule has 0 aliphatic rings. The first-order chi connectivity index (χ1) is 28.7. The molecular formula is C56H36N2. The Morgan fingerprint density at radius 2 is 0.552 bits per heavy atom. The van der Waals surface area contributed by atoms with Crippen LogP contribution in [0.4, 0.5) is 0 Å². The van der Waals surface area contributed by atoms with E-state index in [1.165, 1.54) is 66.1 Å². The van der Waals surface area contributed by atoms with Crippen LogP contribution in [0.3, 0.4) is 0 Å². The van der Waals surface area contributed by atoms with Crippen LogP contribution in [0, 0.1) is 0 Å². The van der Waals surface area contributed by atoms with Gasteiger partial charge in [-0.25, -0.2) is 9.97 Å². The molecule has 58 heavy (non-hydrogen) atoms. The average molecular weight is 737 g/mol. The summed E-state index contributed by atoms with van der Waals surface area (Å²) in [6, 6.07) is 78.1. The van der Waals surface area contributed by atoms with Gasteiger partial charge in [-0.1, -0.05) is 194 Å². The monoisotopic (exact) mass is 736 g/mol. The molecule has 2 heteroatoms. The molecule has 2 nitrogen and oxygen atoms in total. The van der Waals surface area contributed by atoms with Crippen LogP contribution < -0.4 is 0 Å². The summed E-state index contributed by atoms with van der Waals surface area (Å²) in [6.45, 7) is 0. The Bertz CT molecular complexity index is 3070. The van der Waals surface area contributed by atoms with E-state index in [0.717, 1.165) is 44.3 Å². The maximum absolute atomic E-state index is 5.25. The molecule has 2 aromatic heterocycles. The van der Waals surface area contributed by atoms with Crippen LogP contribution in [0.15, 0.2) is 218 Å². The molecule has 0 amide bonds. The maximum Gasteiger partial charge on any atom is 0.0788 e. The van der Waals surface area contributed by atoms with E-state index in [4.69, 9.17) is 9.97 Å². The first kappa shape index (κ1) is 33.6. The largest absolute Gasteiger partial charge is 0.247 e. The summed E-state index contributed by atoms with van der Waals surface area (Å²) >= 11 is 0. The molecule has 0 N–H and O–H groups in total. The minimum absolute atomic E-state index is 0.965. The first-order valence-corrected chi connectivity index (χ1v) is 19.8. The van der Waals surface area contributed by atoms with Crippen molar-refractivity contribution in [2.75, 3.05) is 0 Å². The molecule has 11 rings (SSSR count). The number of nitrogens with zero attached hydrogens (tertiary/aromatic N) is 2. The minimum atomic E-state index is 0.965. The normalized spacial score (nSPS) is 11.4. The van der Waals surface area contributed by atoms with Gasteiger partial charge in [0, 0.05) is 32.7 Å². The van der Waals surface area contributed by atoms with E-state index in [-0.39, 0.29) is 0 Å². The fourth-order valence-corrected chi connectivity index (χ4v) is 8.38. The third kappa shape index (κ3) is 6.09. The number of hydrogen-bond acceptors (Lipinski definition) is 2. The zero-order valence-electron chi connectivity index (χ0n) is 31.7. The van der Waals surface area contributed by atoms with Crippen molar-refractivity contribution < 1.29 is 0 Å². The topological polar surface area (TPSA) is 25.8 Å². The van der Waals surface area contributed by atoms with Gasteiger partial charge in [0.1, 0.15) is 0 Å². The zero-order chi connectivity index (χ0) is 38.4. The lowest BCUT2D eigenvalue weighted by atomic mass is 9.93. The average Bonchev–Trinajstić information content (AvgIpc) is 3.31. The molecule has 9 aromatic carbocycles. The SMILES string of the molecule is c1ccc(-c2ccc3ccc4ccc(-c5ccc(-c6ccccc6-c6ccc(-c7ccc8ccc9ccc(-c%10ccccc%10)cc9c8n7)cc6)cc5)nc4c3c2)cc1. The molecule has 0 radical (unpaired) electrons. The Hall–Kier alpha value is -7.68. The maximum atomic E-state index is 5.25. The summed E-state index contributed by atoms with van der Waals surface area (Å²) < 4.78 is 0. The van der Waals surface area contributed by atoms with Crippen molar-refractivity contribution in [2.24, 2.45) is 0 Å². The molecule has 0 saturated heterocycles. The second kappa shape index (κ2) is 14.1. The molecular weight excluding hydrogens is 701 g/mol. The fraction of sp³-hybridized carbons (Fsp3) is 0. The van der Waals surface area contributed by atoms with Crippen molar-refractivity contribution in [3.63, 3.8) is 0 Å². The summed E-state index contributed by atoms with van der Waals surface area (Å²) in [4.78, 5) is 10.5. The Kier molecular flexibility index (Phi) is 8.19. The number of rotatable bonds is 6. The second-order valence-corrected chi connectivity index (χ2v) is 15.0. The van der Waals surface area contributed by atoms with E-state index in [1.54, 1.807) is 0 Å². The molecule has 0 bridgehead atoms. The molecule has 0 fully saturated rings. The van der Waals surface area contributed by atoms with Crippen molar-refractivity contribution in [3.05, 3.63) is 218 Å². The highest BCUT2D eigenvalue weighted by molar-refractivity contribution is 6.08. The highest BCUT2D eigenvalue weighted by atomic mass is 14.7. The van der Waals surface area contributed by atoms with Gasteiger partial charge in [-0.15, -0.1) is 0 Å². The van der Waals surface area contributed by atoms with E-state index in [9.17, 15) is 0 Å². The fourth-order valence-electron chi connectivity index (χ4n) is 8.38. The lowest BCUT2D eigenvalue weighted by Crippen LogP contribution is -1.90. The predicted molar refractivity (Wildman–Crippen MR) is 245 cm³/mol. The van der Waals surface area contributed by atoms with Crippen molar-refractivity contribution in [1.29, 1.82) is 0 Å². The summed E-state index contributed by atoms with van der Waals surface area (Å²) in [5, 5.41) is 6.99. The molecule has 0 spiro atoms. The van der Waals surface area contributed by atoms with Crippen molar-refractivity contribution >= 4 is 43.4 Å². The van der Waals surface area contributed by atoms with Gasteiger partial charge in [0.25, 0.3) is 0 Å². The number of benzene rings is 9. The van der Waals surface area contributed by atoms with Gasteiger partial charge in [0.15, 0.2) is 0 Å². The number of hydrogen-bond donors (Lipinski definition) is 0. The van der Waals surface area contributed by atoms with Gasteiger partial charge < -0.3 is 0 Å². The quantitative estimate of drug-likeness (QED) is 0.159. The highest BCUT2D eigenvalue weighted by Gasteiger charge is 2.12. The molecule has 0 aliphatic heterocycles. The molecule has 0 aliphatic carbocycles. The predicted octanol–water partition coefficient (Wildman–Crippen LogP) is 15.1. The molecule has 11 aromatic rings. The van der Waals surface area contributed by atoms with Gasteiger partial charge >= 0.3 is 0 Å². The van der Waals surface area contributed by atoms with Crippen molar-refractivity contribution in [1.82, 2.24) is 9.97 Å². The molecule has 0 atom stereocenters. The van der Waals surface area contributed by atoms with E-state index in [2.05, 4.69) is 218 Å². The summed E-state index contributed by atoms with van der Waals surface area (Å²) in [5.41, 5.74) is 15.7. The number of aromatic nitrogens is 2. The summed E-state index contributed by atoms with van der Waals surface area (Å²) in [5.74, 6) is 0. The highest BCUT2D eigenvalue weighted by Crippen LogP contribution is 2.36. The van der Waals surface area contributed by atoms with Crippen LogP contribution in [-0.4, -0.2) is 9.97 Å². The molecule has 0 unspecified atom stereocenters. The summed E-state index contributed by atoms with van der Waals surface area (Å²) in [6.07, 6.45) is 0. The summed E-state index contributed by atoms with van der Waals surface area (Å²) in [7, 11) is 0. The molecule has 2 heterocycles. The van der Waals surface area contributed by atoms with E-state index < -0.39 is 0 Å². The van der Waals surface area contributed by atoms with Gasteiger partial charge in [-0.05, 0) is 79.5 Å². The zero-order valence-corrected chi connectivity index (χ0v) is 31.7. The standard InChI is InChI=1S/C56H36N2/c1-3-9-37(10-4-1)47-29-21-41-19-27-45-31-33-53(57-55(45)51(41)35-47)43-23-15-39(16-24-43)49-13-7-8-14-50(49)40-17-25-44(26-18-40)54-34-32-46-28-20-42-22-30-48(36-52(42)56(46)58-54)38-11-5-2-6-12-38/h1-36H. The first-order valence-electron chi connectivity index (χ1n) is 19.8. The lowest BCUT2D eigenvalue weighted by molar-refractivity contribution is 1.41. The number of pyridine rings is 2. The van der Waals surface area contributed by atoms with Gasteiger partial charge in [-0.2, -0.15) is 0 Å². The Balaban J connectivity index is 0.899. The van der Waals surface area contributed by atoms with Crippen LogP contribution in [0.5, 0.6) is 0 Å². The Morgan fingerprint density at radius 1 is 0.224 bits per heavy atom. The van der Waals surface area contributed by atoms with Crippen LogP contribution >= 0.6 is 0 Å². The van der Waals surface area contributed by atoms with Crippen molar-refractivity contribution in [2.45, 2.75) is 0 Å². The Morgan fingerprint density at radius 3 is 0.983 bits per heavy atom. The molecule has 270 valence electrons. The van der Waals surface area contributed by atoms with E-state index >= 15 is 0 Å². The smallest absolute Gasteiger partial charge is 0.0788 e. The second-order valence-electron chi connectivity index (χ2n) is 15.0. The van der Waals surface area contributed by atoms with Gasteiger partial charge in [0.05, 0.1) is 22.4 Å². The van der Waals surface area contributed by atoms with Crippen LogP contribution in [0.2, 0.25) is 0 Å². The molecule has 0 saturated carbocycles. The minimum Gasteiger partial charge on any atom is -0.247 e. The van der Waals surface area contributed by atoms with Crippen LogP contribution in [0.25, 0.3) is 110 Å². The van der Waals surface area contributed by atoms with Crippen LogP contribution in [-0.2, 0) is 0 Å².